The number of benzene rings is 1. The molecule has 0 spiro atoms. The van der Waals surface area contributed by atoms with Crippen LogP contribution in [0.15, 0.2) is 24.3 Å². The Hall–Kier alpha value is -1.92. The molecule has 6 heteroatoms. The quantitative estimate of drug-likeness (QED) is 0.829. The molecule has 1 saturated carbocycles. The molecule has 1 aliphatic carbocycles. The van der Waals surface area contributed by atoms with Crippen LogP contribution in [0.2, 0.25) is 0 Å². The highest BCUT2D eigenvalue weighted by molar-refractivity contribution is 5.87. The van der Waals surface area contributed by atoms with E-state index in [4.69, 9.17) is 5.11 Å². The van der Waals surface area contributed by atoms with Gasteiger partial charge in [-0.25, -0.2) is 4.79 Å². The minimum absolute atomic E-state index is 0.240. The van der Waals surface area contributed by atoms with Crippen LogP contribution in [0.4, 0.5) is 0 Å². The number of piperazine rings is 1. The van der Waals surface area contributed by atoms with E-state index < -0.39 is 5.97 Å². The number of carboxylic acid groups (broad SMARTS) is 1. The second-order valence-electron chi connectivity index (χ2n) is 7.85. The molecule has 0 unspecified atom stereocenters. The highest BCUT2D eigenvalue weighted by Crippen LogP contribution is 2.22. The van der Waals surface area contributed by atoms with Crippen LogP contribution < -0.4 is 0 Å². The van der Waals surface area contributed by atoms with Gasteiger partial charge in [0.25, 0.3) is 0 Å². The molecule has 1 aliphatic heterocycles. The molecule has 3 rings (SSSR count). The van der Waals surface area contributed by atoms with Gasteiger partial charge in [-0.05, 0) is 30.5 Å². The minimum Gasteiger partial charge on any atom is -0.478 e. The summed E-state index contributed by atoms with van der Waals surface area (Å²) in [6, 6.07) is 7.57. The Labute approximate surface area is 161 Å². The van der Waals surface area contributed by atoms with Crippen LogP contribution in [0.5, 0.6) is 0 Å². The molecule has 148 valence electrons. The number of carbonyl (C=O) groups is 2. The summed E-state index contributed by atoms with van der Waals surface area (Å²) in [5.41, 5.74) is 1.36. The van der Waals surface area contributed by atoms with Crippen molar-refractivity contribution in [3.63, 3.8) is 0 Å². The summed E-state index contributed by atoms with van der Waals surface area (Å²) in [5, 5.41) is 9.12. The molecule has 1 aromatic rings. The molecule has 1 saturated heterocycles. The van der Waals surface area contributed by atoms with Gasteiger partial charge < -0.3 is 10.0 Å². The molecule has 2 fully saturated rings. The van der Waals surface area contributed by atoms with E-state index in [1.165, 1.54) is 19.3 Å². The SMILES string of the molecule is CN(C(=O)CN1CCN(Cc2cccc(C(=O)O)c2)CC1)C1CCCCC1. The molecule has 1 aromatic carbocycles. The van der Waals surface area contributed by atoms with Gasteiger partial charge in [0.1, 0.15) is 0 Å². The second kappa shape index (κ2) is 9.33. The summed E-state index contributed by atoms with van der Waals surface area (Å²) in [5.74, 6) is -0.647. The van der Waals surface area contributed by atoms with E-state index >= 15 is 0 Å². The van der Waals surface area contributed by atoms with Crippen molar-refractivity contribution in [3.8, 4) is 0 Å². The smallest absolute Gasteiger partial charge is 0.335 e. The molecule has 0 aromatic heterocycles. The van der Waals surface area contributed by atoms with E-state index in [2.05, 4.69) is 9.80 Å². The van der Waals surface area contributed by atoms with Gasteiger partial charge in [-0.3, -0.25) is 14.6 Å². The van der Waals surface area contributed by atoms with Crippen LogP contribution in [-0.2, 0) is 11.3 Å². The molecular formula is C21H31N3O3. The summed E-state index contributed by atoms with van der Waals surface area (Å²) in [6.45, 7) is 4.82. The summed E-state index contributed by atoms with van der Waals surface area (Å²) in [6.07, 6.45) is 6.07. The average molecular weight is 373 g/mol. The predicted molar refractivity (Wildman–Crippen MR) is 105 cm³/mol. The number of aromatic carboxylic acids is 1. The Morgan fingerprint density at radius 2 is 1.74 bits per heavy atom. The number of nitrogens with zero attached hydrogens (tertiary/aromatic N) is 3. The number of rotatable bonds is 6. The van der Waals surface area contributed by atoms with Crippen LogP contribution in [0.25, 0.3) is 0 Å². The van der Waals surface area contributed by atoms with E-state index in [-0.39, 0.29) is 5.91 Å². The second-order valence-corrected chi connectivity index (χ2v) is 7.85. The van der Waals surface area contributed by atoms with Crippen molar-refractivity contribution < 1.29 is 14.7 Å². The summed E-state index contributed by atoms with van der Waals surface area (Å²) in [7, 11) is 1.96. The molecule has 0 radical (unpaired) electrons. The average Bonchev–Trinajstić information content (AvgIpc) is 2.69. The van der Waals surface area contributed by atoms with Crippen molar-refractivity contribution >= 4 is 11.9 Å². The normalized spacial score (nSPS) is 19.7. The maximum absolute atomic E-state index is 12.6. The predicted octanol–water partition coefficient (Wildman–Crippen LogP) is 2.29. The van der Waals surface area contributed by atoms with Crippen molar-refractivity contribution in [2.75, 3.05) is 39.8 Å². The maximum atomic E-state index is 12.6. The number of hydrogen-bond acceptors (Lipinski definition) is 4. The lowest BCUT2D eigenvalue weighted by Gasteiger charge is -2.37. The topological polar surface area (TPSA) is 64.1 Å². The summed E-state index contributed by atoms with van der Waals surface area (Å²) < 4.78 is 0. The first-order valence-corrected chi connectivity index (χ1v) is 10.1. The van der Waals surface area contributed by atoms with E-state index in [1.807, 2.05) is 18.0 Å². The van der Waals surface area contributed by atoms with Gasteiger partial charge in [-0.2, -0.15) is 0 Å². The number of likely N-dealkylation sites (N-methyl/N-ethyl adjacent to an activating group) is 1. The molecular weight excluding hydrogens is 342 g/mol. The molecule has 27 heavy (non-hydrogen) atoms. The third-order valence-corrected chi connectivity index (χ3v) is 5.92. The summed E-state index contributed by atoms with van der Waals surface area (Å²) in [4.78, 5) is 30.2. The lowest BCUT2D eigenvalue weighted by atomic mass is 9.94. The third-order valence-electron chi connectivity index (χ3n) is 5.92. The Bertz CT molecular complexity index is 650. The van der Waals surface area contributed by atoms with Gasteiger partial charge in [-0.1, -0.05) is 31.4 Å². The van der Waals surface area contributed by atoms with Crippen LogP contribution in [0.1, 0.15) is 48.0 Å². The molecule has 2 aliphatic rings. The fraction of sp³-hybridized carbons (Fsp3) is 0.619. The standard InChI is InChI=1S/C21H31N3O3/c1-22(19-8-3-2-4-9-19)20(25)16-24-12-10-23(11-13-24)15-17-6-5-7-18(14-17)21(26)27/h5-7,14,19H,2-4,8-13,15-16H2,1H3,(H,26,27). The van der Waals surface area contributed by atoms with E-state index in [0.717, 1.165) is 51.1 Å². The molecule has 0 bridgehead atoms. The van der Waals surface area contributed by atoms with Crippen LogP contribution in [0.3, 0.4) is 0 Å². The Kier molecular flexibility index (Phi) is 6.85. The van der Waals surface area contributed by atoms with Gasteiger partial charge in [0.05, 0.1) is 12.1 Å². The Morgan fingerprint density at radius 1 is 1.07 bits per heavy atom. The van der Waals surface area contributed by atoms with Crippen LogP contribution in [0, 0.1) is 0 Å². The first-order valence-electron chi connectivity index (χ1n) is 10.1. The van der Waals surface area contributed by atoms with Gasteiger partial charge in [0, 0.05) is 45.8 Å². The highest BCUT2D eigenvalue weighted by Gasteiger charge is 2.25. The first-order chi connectivity index (χ1) is 13.0. The lowest BCUT2D eigenvalue weighted by Crippen LogP contribution is -2.50. The fourth-order valence-electron chi connectivity index (χ4n) is 4.14. The lowest BCUT2D eigenvalue weighted by molar-refractivity contribution is -0.134. The number of carboxylic acids is 1. The molecule has 1 heterocycles. The van der Waals surface area contributed by atoms with Gasteiger partial charge in [0.15, 0.2) is 0 Å². The maximum Gasteiger partial charge on any atom is 0.335 e. The Morgan fingerprint density at radius 3 is 2.41 bits per heavy atom. The van der Waals surface area contributed by atoms with Crippen molar-refractivity contribution in [2.45, 2.75) is 44.7 Å². The van der Waals surface area contributed by atoms with Crippen LogP contribution >= 0.6 is 0 Å². The van der Waals surface area contributed by atoms with Gasteiger partial charge >= 0.3 is 5.97 Å². The molecule has 1 N–H and O–H groups in total. The van der Waals surface area contributed by atoms with Crippen LogP contribution in [-0.4, -0.2) is 77.5 Å². The highest BCUT2D eigenvalue weighted by atomic mass is 16.4. The first kappa shape index (κ1) is 19.8. The van der Waals surface area contributed by atoms with E-state index in [1.54, 1.807) is 18.2 Å². The minimum atomic E-state index is -0.887. The number of hydrogen-bond donors (Lipinski definition) is 1. The molecule has 6 nitrogen and oxygen atoms in total. The van der Waals surface area contributed by atoms with Crippen molar-refractivity contribution in [1.29, 1.82) is 0 Å². The summed E-state index contributed by atoms with van der Waals surface area (Å²) >= 11 is 0. The van der Waals surface area contributed by atoms with Gasteiger partial charge in [0.2, 0.25) is 5.91 Å². The molecule has 0 atom stereocenters. The fourth-order valence-corrected chi connectivity index (χ4v) is 4.14. The van der Waals surface area contributed by atoms with Gasteiger partial charge in [-0.15, -0.1) is 0 Å². The van der Waals surface area contributed by atoms with Crippen molar-refractivity contribution in [3.05, 3.63) is 35.4 Å². The van der Waals surface area contributed by atoms with Crippen molar-refractivity contribution in [2.24, 2.45) is 0 Å². The molecule has 1 amide bonds. The zero-order chi connectivity index (χ0) is 19.2. The zero-order valence-electron chi connectivity index (χ0n) is 16.3. The monoisotopic (exact) mass is 373 g/mol. The number of amides is 1. The van der Waals surface area contributed by atoms with E-state index in [9.17, 15) is 9.59 Å². The number of carbonyl (C=O) groups excluding carboxylic acids is 1. The van der Waals surface area contributed by atoms with Crippen molar-refractivity contribution in [1.82, 2.24) is 14.7 Å². The largest absolute Gasteiger partial charge is 0.478 e. The third kappa shape index (κ3) is 5.53. The Balaban J connectivity index is 1.44. The zero-order valence-corrected chi connectivity index (χ0v) is 16.3. The van der Waals surface area contributed by atoms with E-state index in [0.29, 0.717) is 18.2 Å².